The van der Waals surface area contributed by atoms with E-state index in [0.29, 0.717) is 12.0 Å². The monoisotopic (exact) mass is 310 g/mol. The molecule has 0 amide bonds. The number of Topliss-reactive ketones (excluding diaryl/α,β-unsaturated/α-hetero) is 1. The van der Waals surface area contributed by atoms with Gasteiger partial charge in [0.15, 0.2) is 5.78 Å². The number of allylic oxidation sites excluding steroid dienone is 1. The van der Waals surface area contributed by atoms with Crippen LogP contribution in [0.4, 0.5) is 0 Å². The van der Waals surface area contributed by atoms with Crippen molar-refractivity contribution in [1.29, 1.82) is 0 Å². The lowest BCUT2D eigenvalue weighted by Crippen LogP contribution is -2.22. The van der Waals surface area contributed by atoms with Crippen LogP contribution in [0.25, 0.3) is 0 Å². The number of aromatic hydroxyl groups is 2. The zero-order chi connectivity index (χ0) is 16.6. The maximum Gasteiger partial charge on any atom is 0.174 e. The molecule has 0 fully saturated rings. The number of ether oxygens (including phenoxy) is 1. The Balaban J connectivity index is 2.16. The third-order valence-corrected chi connectivity index (χ3v) is 4.16. The lowest BCUT2D eigenvalue weighted by Gasteiger charge is -2.29. The molecule has 0 saturated heterocycles. The van der Waals surface area contributed by atoms with E-state index < -0.39 is 6.10 Å². The Morgan fingerprint density at radius 2 is 1.96 bits per heavy atom. The Morgan fingerprint density at radius 1 is 1.26 bits per heavy atom. The van der Waals surface area contributed by atoms with Crippen molar-refractivity contribution in [1.82, 2.24) is 0 Å². The van der Waals surface area contributed by atoms with E-state index in [2.05, 4.69) is 6.58 Å². The summed E-state index contributed by atoms with van der Waals surface area (Å²) < 4.78 is 6.00. The molecule has 0 radical (unpaired) electrons. The lowest BCUT2D eigenvalue weighted by atomic mass is 9.90. The molecule has 118 valence electrons. The maximum absolute atomic E-state index is 12.6. The fraction of sp³-hybridized carbons (Fsp3) is 0.211. The van der Waals surface area contributed by atoms with Gasteiger partial charge in [0.2, 0.25) is 0 Å². The lowest BCUT2D eigenvalue weighted by molar-refractivity contribution is 0.0842. The van der Waals surface area contributed by atoms with Gasteiger partial charge in [-0.1, -0.05) is 36.4 Å². The van der Waals surface area contributed by atoms with Crippen molar-refractivity contribution in [3.8, 4) is 17.2 Å². The van der Waals surface area contributed by atoms with Gasteiger partial charge < -0.3 is 14.9 Å². The summed E-state index contributed by atoms with van der Waals surface area (Å²) in [5, 5.41) is 20.6. The van der Waals surface area contributed by atoms with Crippen molar-refractivity contribution in [2.24, 2.45) is 0 Å². The van der Waals surface area contributed by atoms with Gasteiger partial charge >= 0.3 is 0 Å². The van der Waals surface area contributed by atoms with E-state index in [1.807, 2.05) is 30.3 Å². The second-order valence-electron chi connectivity index (χ2n) is 5.64. The Kier molecular flexibility index (Phi) is 3.82. The third-order valence-electron chi connectivity index (χ3n) is 4.16. The second-order valence-corrected chi connectivity index (χ2v) is 5.64. The number of carbonyl (C=O) groups excluding carboxylic acids is 1. The Bertz CT molecular complexity index is 778. The fourth-order valence-corrected chi connectivity index (χ4v) is 2.92. The first kappa shape index (κ1) is 15.2. The highest BCUT2D eigenvalue weighted by Crippen LogP contribution is 2.47. The number of carbonyl (C=O) groups is 1. The van der Waals surface area contributed by atoms with Crippen molar-refractivity contribution in [3.63, 3.8) is 0 Å². The molecule has 4 heteroatoms. The van der Waals surface area contributed by atoms with E-state index in [0.717, 1.165) is 5.56 Å². The van der Waals surface area contributed by atoms with Crippen molar-refractivity contribution in [3.05, 3.63) is 65.2 Å². The molecule has 1 aliphatic rings. The minimum absolute atomic E-state index is 0.0531. The van der Waals surface area contributed by atoms with E-state index in [9.17, 15) is 15.0 Å². The smallest absolute Gasteiger partial charge is 0.174 e. The number of phenolic OH excluding ortho intramolecular Hbond substituents is 2. The Morgan fingerprint density at radius 3 is 2.61 bits per heavy atom. The van der Waals surface area contributed by atoms with Crippen LogP contribution in [0, 0.1) is 6.92 Å². The quantitative estimate of drug-likeness (QED) is 0.845. The predicted octanol–water partition coefficient (Wildman–Crippen LogP) is 3.84. The molecule has 0 bridgehead atoms. The first-order valence-electron chi connectivity index (χ1n) is 7.47. The maximum atomic E-state index is 12.6. The number of hydrogen-bond acceptors (Lipinski definition) is 4. The number of hydrogen-bond donors (Lipinski definition) is 2. The van der Waals surface area contributed by atoms with Gasteiger partial charge in [0.1, 0.15) is 28.9 Å². The van der Waals surface area contributed by atoms with Gasteiger partial charge in [0.05, 0.1) is 6.42 Å². The summed E-state index contributed by atoms with van der Waals surface area (Å²) in [6, 6.07) is 9.45. The molecule has 3 rings (SSSR count). The summed E-state index contributed by atoms with van der Waals surface area (Å²) in [7, 11) is 0. The van der Waals surface area contributed by atoms with Gasteiger partial charge in [-0.05, 0) is 18.9 Å². The summed E-state index contributed by atoms with van der Waals surface area (Å²) in [6.07, 6.45) is 1.71. The van der Waals surface area contributed by atoms with Crippen molar-refractivity contribution < 1.29 is 19.7 Å². The molecule has 2 aromatic rings. The zero-order valence-corrected chi connectivity index (χ0v) is 12.9. The van der Waals surface area contributed by atoms with Gasteiger partial charge in [-0.2, -0.15) is 0 Å². The van der Waals surface area contributed by atoms with Crippen molar-refractivity contribution >= 4 is 5.78 Å². The number of benzene rings is 2. The van der Waals surface area contributed by atoms with Gasteiger partial charge in [-0.3, -0.25) is 4.79 Å². The summed E-state index contributed by atoms with van der Waals surface area (Å²) in [6.45, 7) is 5.26. The molecular formula is C19H18O4. The SMILES string of the molecule is C=CCc1c(O)c(C)c(O)c2c1OC(c1ccccc1)CC2=O. The number of phenols is 2. The second kappa shape index (κ2) is 5.80. The Hall–Kier alpha value is -2.75. The minimum atomic E-state index is -0.429. The molecule has 1 heterocycles. The molecule has 1 atom stereocenters. The van der Waals surface area contributed by atoms with Gasteiger partial charge in [-0.25, -0.2) is 0 Å². The predicted molar refractivity (Wildman–Crippen MR) is 87.2 cm³/mol. The average Bonchev–Trinajstić information content (AvgIpc) is 2.57. The van der Waals surface area contributed by atoms with Gasteiger partial charge in [0.25, 0.3) is 0 Å². The molecule has 0 aliphatic carbocycles. The van der Waals surface area contributed by atoms with E-state index in [1.165, 1.54) is 0 Å². The summed E-state index contributed by atoms with van der Waals surface area (Å²) in [5.74, 6) is -0.189. The van der Waals surface area contributed by atoms with Crippen LogP contribution in [0.5, 0.6) is 17.2 Å². The molecule has 2 N–H and O–H groups in total. The van der Waals surface area contributed by atoms with Crippen LogP contribution >= 0.6 is 0 Å². The van der Waals surface area contributed by atoms with Crippen LogP contribution in [-0.2, 0) is 6.42 Å². The van der Waals surface area contributed by atoms with Crippen molar-refractivity contribution in [2.75, 3.05) is 0 Å². The average molecular weight is 310 g/mol. The molecule has 0 spiro atoms. The van der Waals surface area contributed by atoms with Crippen LogP contribution in [0.15, 0.2) is 43.0 Å². The van der Waals surface area contributed by atoms with E-state index in [-0.39, 0.29) is 40.6 Å². The largest absolute Gasteiger partial charge is 0.507 e. The van der Waals surface area contributed by atoms with Gasteiger partial charge in [-0.15, -0.1) is 6.58 Å². The highest BCUT2D eigenvalue weighted by molar-refractivity contribution is 6.04. The van der Waals surface area contributed by atoms with E-state index in [1.54, 1.807) is 13.0 Å². The molecule has 0 aromatic heterocycles. The molecule has 23 heavy (non-hydrogen) atoms. The van der Waals surface area contributed by atoms with Gasteiger partial charge in [0, 0.05) is 11.1 Å². The topological polar surface area (TPSA) is 66.8 Å². The molecule has 0 saturated carbocycles. The summed E-state index contributed by atoms with van der Waals surface area (Å²) in [4.78, 5) is 12.6. The molecule has 2 aromatic carbocycles. The van der Waals surface area contributed by atoms with Crippen LogP contribution in [0.2, 0.25) is 0 Å². The third kappa shape index (κ3) is 2.46. The van der Waals surface area contributed by atoms with Crippen LogP contribution in [-0.4, -0.2) is 16.0 Å². The molecular weight excluding hydrogens is 292 g/mol. The van der Waals surface area contributed by atoms with E-state index in [4.69, 9.17) is 4.74 Å². The molecule has 4 nitrogen and oxygen atoms in total. The Labute approximate surface area is 134 Å². The highest BCUT2D eigenvalue weighted by Gasteiger charge is 2.34. The molecule has 1 unspecified atom stereocenters. The first-order valence-corrected chi connectivity index (χ1v) is 7.47. The minimum Gasteiger partial charge on any atom is -0.507 e. The first-order chi connectivity index (χ1) is 11.0. The standard InChI is InChI=1S/C19H18O4/c1-3-7-13-17(21)11(2)18(22)16-14(20)10-15(23-19(13)16)12-8-5-4-6-9-12/h3-6,8-9,15,21-22H,1,7,10H2,2H3. The summed E-state index contributed by atoms with van der Waals surface area (Å²) in [5.41, 5.74) is 1.81. The van der Waals surface area contributed by atoms with E-state index >= 15 is 0 Å². The van der Waals surface area contributed by atoms with Crippen LogP contribution < -0.4 is 4.74 Å². The summed E-state index contributed by atoms with van der Waals surface area (Å²) >= 11 is 0. The normalized spacial score (nSPS) is 16.6. The number of fused-ring (bicyclic) bond motifs is 1. The fourth-order valence-electron chi connectivity index (χ4n) is 2.92. The van der Waals surface area contributed by atoms with Crippen LogP contribution in [0.3, 0.4) is 0 Å². The van der Waals surface area contributed by atoms with Crippen molar-refractivity contribution in [2.45, 2.75) is 25.9 Å². The highest BCUT2D eigenvalue weighted by atomic mass is 16.5. The molecule has 1 aliphatic heterocycles. The number of ketones is 1. The van der Waals surface area contributed by atoms with Crippen LogP contribution in [0.1, 0.15) is 39.6 Å². The zero-order valence-electron chi connectivity index (χ0n) is 12.9. The number of rotatable bonds is 3.